The second kappa shape index (κ2) is 5.95. The van der Waals surface area contributed by atoms with Gasteiger partial charge in [-0.3, -0.25) is 0 Å². The molecule has 2 aromatic rings. The van der Waals surface area contributed by atoms with Gasteiger partial charge in [0.05, 0.1) is 3.79 Å². The average Bonchev–Trinajstić information content (AvgIpc) is 2.67. The van der Waals surface area contributed by atoms with Crippen molar-refractivity contribution < 1.29 is 4.39 Å². The number of hydrogen-bond donors (Lipinski definition) is 1. The van der Waals surface area contributed by atoms with Gasteiger partial charge < -0.3 is 5.32 Å². The molecule has 18 heavy (non-hydrogen) atoms. The van der Waals surface area contributed by atoms with Crippen LogP contribution in [-0.2, 0) is 6.42 Å². The van der Waals surface area contributed by atoms with E-state index in [9.17, 15) is 4.39 Å². The van der Waals surface area contributed by atoms with Gasteiger partial charge >= 0.3 is 0 Å². The molecule has 0 spiro atoms. The number of likely N-dealkylation sites (N-methyl/N-ethyl adjacent to an activating group) is 1. The maximum atomic E-state index is 13.7. The van der Waals surface area contributed by atoms with Gasteiger partial charge in [-0.15, -0.1) is 11.3 Å². The third kappa shape index (κ3) is 2.99. The predicted molar refractivity (Wildman–Crippen MR) is 78.7 cm³/mol. The Morgan fingerprint density at radius 3 is 2.67 bits per heavy atom. The molecule has 4 heteroatoms. The van der Waals surface area contributed by atoms with E-state index in [2.05, 4.69) is 34.2 Å². The van der Waals surface area contributed by atoms with Crippen molar-refractivity contribution in [2.75, 3.05) is 7.05 Å². The van der Waals surface area contributed by atoms with Crippen LogP contribution in [0.2, 0.25) is 0 Å². The van der Waals surface area contributed by atoms with Gasteiger partial charge in [0.25, 0.3) is 0 Å². The molecule has 0 aliphatic heterocycles. The summed E-state index contributed by atoms with van der Waals surface area (Å²) in [6, 6.07) is 9.21. The SMILES string of the molecule is CNC(Cc1ccccc1F)c1cc(Br)sc1C. The lowest BCUT2D eigenvalue weighted by Crippen LogP contribution is -2.19. The van der Waals surface area contributed by atoms with Crippen molar-refractivity contribution >= 4 is 27.3 Å². The van der Waals surface area contributed by atoms with Crippen LogP contribution in [0, 0.1) is 12.7 Å². The fourth-order valence-corrected chi connectivity index (χ4v) is 3.83. The van der Waals surface area contributed by atoms with Gasteiger partial charge in [0.2, 0.25) is 0 Å². The Labute approximate surface area is 119 Å². The van der Waals surface area contributed by atoms with Gasteiger partial charge in [0.1, 0.15) is 5.82 Å². The summed E-state index contributed by atoms with van der Waals surface area (Å²) in [6.45, 7) is 2.09. The largest absolute Gasteiger partial charge is 0.313 e. The summed E-state index contributed by atoms with van der Waals surface area (Å²) < 4.78 is 14.8. The quantitative estimate of drug-likeness (QED) is 0.874. The maximum absolute atomic E-state index is 13.7. The molecular weight excluding hydrogens is 313 g/mol. The van der Waals surface area contributed by atoms with E-state index in [-0.39, 0.29) is 11.9 Å². The summed E-state index contributed by atoms with van der Waals surface area (Å²) in [6.07, 6.45) is 0.660. The first-order valence-electron chi connectivity index (χ1n) is 5.78. The van der Waals surface area contributed by atoms with Gasteiger partial charge in [-0.1, -0.05) is 18.2 Å². The Bertz CT molecular complexity index is 538. The molecule has 1 aromatic carbocycles. The molecule has 0 saturated carbocycles. The van der Waals surface area contributed by atoms with Crippen molar-refractivity contribution in [3.8, 4) is 0 Å². The molecule has 0 amide bonds. The van der Waals surface area contributed by atoms with Crippen molar-refractivity contribution in [2.24, 2.45) is 0 Å². The molecule has 1 N–H and O–H groups in total. The van der Waals surface area contributed by atoms with Crippen LogP contribution in [0.5, 0.6) is 0 Å². The van der Waals surface area contributed by atoms with Crippen LogP contribution in [-0.4, -0.2) is 7.05 Å². The lowest BCUT2D eigenvalue weighted by atomic mass is 9.99. The minimum Gasteiger partial charge on any atom is -0.313 e. The zero-order valence-corrected chi connectivity index (χ0v) is 12.7. The number of hydrogen-bond acceptors (Lipinski definition) is 2. The fraction of sp³-hybridized carbons (Fsp3) is 0.286. The predicted octanol–water partition coefficient (Wildman–Crippen LogP) is 4.46. The number of thiophene rings is 1. The van der Waals surface area contributed by atoms with E-state index in [1.54, 1.807) is 17.4 Å². The summed E-state index contributed by atoms with van der Waals surface area (Å²) >= 11 is 5.21. The standard InChI is InChI=1S/C14H15BrFNS/c1-9-11(8-14(15)18-9)13(17-2)7-10-5-3-4-6-12(10)16/h3-6,8,13,17H,7H2,1-2H3. The van der Waals surface area contributed by atoms with Crippen LogP contribution in [0.1, 0.15) is 22.0 Å². The molecule has 2 rings (SSSR count). The first kappa shape index (κ1) is 13.7. The third-order valence-electron chi connectivity index (χ3n) is 3.03. The van der Waals surface area contributed by atoms with Crippen molar-refractivity contribution in [1.82, 2.24) is 5.32 Å². The third-order valence-corrected chi connectivity index (χ3v) is 4.60. The van der Waals surface area contributed by atoms with Crippen LogP contribution in [0.15, 0.2) is 34.1 Å². The lowest BCUT2D eigenvalue weighted by molar-refractivity contribution is 0.554. The van der Waals surface area contributed by atoms with Crippen molar-refractivity contribution in [1.29, 1.82) is 0 Å². The highest BCUT2D eigenvalue weighted by Crippen LogP contribution is 2.32. The first-order valence-corrected chi connectivity index (χ1v) is 7.39. The van der Waals surface area contributed by atoms with Gasteiger partial charge in [-0.25, -0.2) is 4.39 Å². The van der Waals surface area contributed by atoms with E-state index >= 15 is 0 Å². The second-order valence-electron chi connectivity index (χ2n) is 4.20. The number of benzene rings is 1. The van der Waals surface area contributed by atoms with E-state index in [0.29, 0.717) is 6.42 Å². The van der Waals surface area contributed by atoms with Gasteiger partial charge in [-0.2, -0.15) is 0 Å². The summed E-state index contributed by atoms with van der Waals surface area (Å²) in [5, 5.41) is 3.27. The molecule has 0 fully saturated rings. The topological polar surface area (TPSA) is 12.0 Å². The van der Waals surface area contributed by atoms with E-state index in [4.69, 9.17) is 0 Å². The second-order valence-corrected chi connectivity index (χ2v) is 6.83. The van der Waals surface area contributed by atoms with Crippen molar-refractivity contribution in [3.63, 3.8) is 0 Å². The molecule has 1 heterocycles. The van der Waals surface area contributed by atoms with E-state index in [0.717, 1.165) is 9.35 Å². The van der Waals surface area contributed by atoms with Crippen LogP contribution in [0.25, 0.3) is 0 Å². The van der Waals surface area contributed by atoms with E-state index in [1.807, 2.05) is 19.2 Å². The number of nitrogens with one attached hydrogen (secondary N) is 1. The number of rotatable bonds is 4. The molecule has 1 nitrogen and oxygen atoms in total. The Morgan fingerprint density at radius 1 is 1.39 bits per heavy atom. The molecule has 1 atom stereocenters. The monoisotopic (exact) mass is 327 g/mol. The van der Waals surface area contributed by atoms with Crippen molar-refractivity contribution in [2.45, 2.75) is 19.4 Å². The summed E-state index contributed by atoms with van der Waals surface area (Å²) in [7, 11) is 1.91. The lowest BCUT2D eigenvalue weighted by Gasteiger charge is -2.16. The highest BCUT2D eigenvalue weighted by molar-refractivity contribution is 9.11. The minimum atomic E-state index is -0.135. The Morgan fingerprint density at radius 2 is 2.11 bits per heavy atom. The summed E-state index contributed by atoms with van der Waals surface area (Å²) in [5.41, 5.74) is 1.98. The molecule has 0 saturated heterocycles. The number of aryl methyl sites for hydroxylation is 1. The number of halogens is 2. The van der Waals surface area contributed by atoms with E-state index < -0.39 is 0 Å². The Balaban J connectivity index is 2.25. The summed E-state index contributed by atoms with van der Waals surface area (Å²) in [5.74, 6) is -0.135. The molecule has 0 aliphatic rings. The molecule has 96 valence electrons. The molecule has 1 aromatic heterocycles. The molecular formula is C14H15BrFNS. The van der Waals surface area contributed by atoms with E-state index in [1.165, 1.54) is 16.5 Å². The smallest absolute Gasteiger partial charge is 0.126 e. The van der Waals surface area contributed by atoms with Crippen LogP contribution >= 0.6 is 27.3 Å². The maximum Gasteiger partial charge on any atom is 0.126 e. The highest BCUT2D eigenvalue weighted by Gasteiger charge is 2.16. The van der Waals surface area contributed by atoms with Crippen LogP contribution < -0.4 is 5.32 Å². The highest BCUT2D eigenvalue weighted by atomic mass is 79.9. The van der Waals surface area contributed by atoms with Gasteiger partial charge in [-0.05, 0) is 59.6 Å². The molecule has 0 bridgehead atoms. The van der Waals surface area contributed by atoms with Crippen LogP contribution in [0.4, 0.5) is 4.39 Å². The Hall–Kier alpha value is -0.710. The fourth-order valence-electron chi connectivity index (χ4n) is 2.06. The summed E-state index contributed by atoms with van der Waals surface area (Å²) in [4.78, 5) is 1.26. The van der Waals surface area contributed by atoms with Gasteiger partial charge in [0, 0.05) is 10.9 Å². The normalized spacial score (nSPS) is 12.7. The minimum absolute atomic E-state index is 0.135. The van der Waals surface area contributed by atoms with Crippen LogP contribution in [0.3, 0.4) is 0 Å². The molecule has 0 radical (unpaired) electrons. The average molecular weight is 328 g/mol. The Kier molecular flexibility index (Phi) is 4.54. The molecule has 1 unspecified atom stereocenters. The molecule has 0 aliphatic carbocycles. The first-order chi connectivity index (χ1) is 8.61. The zero-order chi connectivity index (χ0) is 13.1. The van der Waals surface area contributed by atoms with Crippen molar-refractivity contribution in [3.05, 3.63) is 55.9 Å². The zero-order valence-electron chi connectivity index (χ0n) is 10.3. The van der Waals surface area contributed by atoms with Gasteiger partial charge in [0.15, 0.2) is 0 Å².